The van der Waals surface area contributed by atoms with E-state index in [1.807, 2.05) is 30.7 Å². The van der Waals surface area contributed by atoms with E-state index in [1.54, 1.807) is 18.6 Å². The van der Waals surface area contributed by atoms with E-state index >= 15 is 0 Å². The van der Waals surface area contributed by atoms with E-state index in [4.69, 9.17) is 4.74 Å². The van der Waals surface area contributed by atoms with Crippen molar-refractivity contribution in [1.29, 1.82) is 0 Å². The molecule has 104 valence electrons. The molecular formula is C13H20N4O2. The van der Waals surface area contributed by atoms with Crippen molar-refractivity contribution < 1.29 is 9.53 Å². The Bertz CT molecular complexity index is 426. The first-order valence-electron chi connectivity index (χ1n) is 6.46. The van der Waals surface area contributed by atoms with Crippen molar-refractivity contribution in [2.75, 3.05) is 31.6 Å². The average Bonchev–Trinajstić information content (AvgIpc) is 2.42. The molecular weight excluding hydrogens is 244 g/mol. The fourth-order valence-corrected chi connectivity index (χ4v) is 2.11. The van der Waals surface area contributed by atoms with Crippen molar-refractivity contribution in [2.24, 2.45) is 0 Å². The van der Waals surface area contributed by atoms with Crippen LogP contribution in [0.5, 0.6) is 0 Å². The van der Waals surface area contributed by atoms with E-state index in [0.29, 0.717) is 25.5 Å². The number of rotatable bonds is 3. The molecule has 0 aromatic carbocycles. The molecule has 2 unspecified atom stereocenters. The number of morpholine rings is 1. The van der Waals surface area contributed by atoms with Gasteiger partial charge in [-0.15, -0.1) is 0 Å². The zero-order chi connectivity index (χ0) is 13.8. The van der Waals surface area contributed by atoms with Crippen molar-refractivity contribution >= 4 is 11.7 Å². The van der Waals surface area contributed by atoms with Crippen LogP contribution in [0.15, 0.2) is 18.6 Å². The van der Waals surface area contributed by atoms with Gasteiger partial charge in [0, 0.05) is 26.0 Å². The Hall–Kier alpha value is -1.69. The highest BCUT2D eigenvalue weighted by Gasteiger charge is 2.28. The number of hydrogen-bond acceptors (Lipinski definition) is 5. The normalized spacial score (nSPS) is 23.2. The van der Waals surface area contributed by atoms with Crippen molar-refractivity contribution in [3.63, 3.8) is 0 Å². The van der Waals surface area contributed by atoms with Crippen LogP contribution in [-0.4, -0.2) is 59.7 Å². The number of likely N-dealkylation sites (N-methyl/N-ethyl adjacent to an activating group) is 1. The molecule has 6 heteroatoms. The van der Waals surface area contributed by atoms with E-state index in [0.717, 1.165) is 0 Å². The number of ether oxygens (including phenoxy) is 1. The topological polar surface area (TPSA) is 58.6 Å². The van der Waals surface area contributed by atoms with Gasteiger partial charge in [-0.2, -0.15) is 0 Å². The van der Waals surface area contributed by atoms with Gasteiger partial charge >= 0.3 is 0 Å². The smallest absolute Gasteiger partial charge is 0.242 e. The molecule has 1 aromatic heterocycles. The first-order chi connectivity index (χ1) is 9.08. The van der Waals surface area contributed by atoms with Gasteiger partial charge in [0.05, 0.1) is 31.5 Å². The quantitative estimate of drug-likeness (QED) is 0.798. The van der Waals surface area contributed by atoms with Crippen LogP contribution in [-0.2, 0) is 9.53 Å². The number of nitrogens with zero attached hydrogens (tertiary/aromatic N) is 4. The molecule has 0 N–H and O–H groups in total. The highest BCUT2D eigenvalue weighted by atomic mass is 16.5. The van der Waals surface area contributed by atoms with Crippen molar-refractivity contribution in [1.82, 2.24) is 14.9 Å². The van der Waals surface area contributed by atoms with Gasteiger partial charge < -0.3 is 14.5 Å². The lowest BCUT2D eigenvalue weighted by atomic mass is 10.2. The predicted molar refractivity (Wildman–Crippen MR) is 71.9 cm³/mol. The van der Waals surface area contributed by atoms with Crippen LogP contribution in [0.25, 0.3) is 0 Å². The molecule has 1 aliphatic rings. The molecule has 19 heavy (non-hydrogen) atoms. The summed E-state index contributed by atoms with van der Waals surface area (Å²) < 4.78 is 5.53. The molecule has 2 heterocycles. The largest absolute Gasteiger partial charge is 0.375 e. The SMILES string of the molecule is CC1CN(C(=O)CN(C)c2cnccn2)C(C)CO1. The minimum Gasteiger partial charge on any atom is -0.375 e. The molecule has 0 spiro atoms. The fraction of sp³-hybridized carbons (Fsp3) is 0.615. The second kappa shape index (κ2) is 5.97. The Kier molecular flexibility index (Phi) is 4.31. The Morgan fingerprint density at radius 3 is 3.00 bits per heavy atom. The van der Waals surface area contributed by atoms with Gasteiger partial charge in [-0.05, 0) is 13.8 Å². The standard InChI is InChI=1S/C13H20N4O2/c1-10-9-19-11(2)7-17(10)13(18)8-16(3)12-6-14-4-5-15-12/h4-6,10-11H,7-9H2,1-3H3. The summed E-state index contributed by atoms with van der Waals surface area (Å²) in [7, 11) is 1.84. The number of hydrogen-bond donors (Lipinski definition) is 0. The molecule has 1 aliphatic heterocycles. The Morgan fingerprint density at radius 2 is 2.32 bits per heavy atom. The van der Waals surface area contributed by atoms with E-state index < -0.39 is 0 Å². The van der Waals surface area contributed by atoms with Crippen LogP contribution in [0.3, 0.4) is 0 Å². The number of carbonyl (C=O) groups is 1. The summed E-state index contributed by atoms with van der Waals surface area (Å²) in [5.41, 5.74) is 0. The molecule has 6 nitrogen and oxygen atoms in total. The third kappa shape index (κ3) is 3.41. The van der Waals surface area contributed by atoms with Crippen LogP contribution in [0, 0.1) is 0 Å². The minimum atomic E-state index is 0.0933. The first-order valence-corrected chi connectivity index (χ1v) is 6.46. The van der Waals surface area contributed by atoms with E-state index in [9.17, 15) is 4.79 Å². The van der Waals surface area contributed by atoms with Crippen molar-refractivity contribution in [2.45, 2.75) is 26.0 Å². The highest BCUT2D eigenvalue weighted by molar-refractivity contribution is 5.81. The summed E-state index contributed by atoms with van der Waals surface area (Å²) in [5.74, 6) is 0.792. The molecule has 0 aliphatic carbocycles. The van der Waals surface area contributed by atoms with Gasteiger partial charge in [-0.1, -0.05) is 0 Å². The van der Waals surface area contributed by atoms with Crippen LogP contribution in [0.1, 0.15) is 13.8 Å². The second-order valence-electron chi connectivity index (χ2n) is 4.96. The Labute approximate surface area is 113 Å². The molecule has 1 fully saturated rings. The molecule has 0 bridgehead atoms. The Morgan fingerprint density at radius 1 is 1.53 bits per heavy atom. The monoisotopic (exact) mass is 264 g/mol. The van der Waals surface area contributed by atoms with Crippen LogP contribution < -0.4 is 4.90 Å². The summed E-state index contributed by atoms with van der Waals surface area (Å²) in [6, 6.07) is 0.124. The maximum atomic E-state index is 12.3. The van der Waals surface area contributed by atoms with E-state index in [2.05, 4.69) is 9.97 Å². The third-order valence-electron chi connectivity index (χ3n) is 3.24. The number of anilines is 1. The van der Waals surface area contributed by atoms with Crippen LogP contribution >= 0.6 is 0 Å². The van der Waals surface area contributed by atoms with E-state index in [1.165, 1.54) is 0 Å². The van der Waals surface area contributed by atoms with E-state index in [-0.39, 0.29) is 18.1 Å². The first kappa shape index (κ1) is 13.7. The minimum absolute atomic E-state index is 0.0933. The summed E-state index contributed by atoms with van der Waals surface area (Å²) in [5, 5.41) is 0. The molecule has 2 rings (SSSR count). The number of amides is 1. The summed E-state index contributed by atoms with van der Waals surface area (Å²) in [6.07, 6.45) is 4.99. The lowest BCUT2D eigenvalue weighted by Crippen LogP contribution is -2.52. The van der Waals surface area contributed by atoms with Gasteiger partial charge in [0.15, 0.2) is 0 Å². The predicted octanol–water partition coefficient (Wildman–Crippen LogP) is 0.549. The lowest BCUT2D eigenvalue weighted by molar-refractivity contribution is -0.141. The summed E-state index contributed by atoms with van der Waals surface area (Å²) >= 11 is 0. The zero-order valence-corrected chi connectivity index (χ0v) is 11.6. The molecule has 1 saturated heterocycles. The third-order valence-corrected chi connectivity index (χ3v) is 3.24. The maximum Gasteiger partial charge on any atom is 0.242 e. The van der Waals surface area contributed by atoms with Gasteiger partial charge in [0.25, 0.3) is 0 Å². The second-order valence-corrected chi connectivity index (χ2v) is 4.96. The Balaban J connectivity index is 1.96. The highest BCUT2D eigenvalue weighted by Crippen LogP contribution is 2.13. The lowest BCUT2D eigenvalue weighted by Gasteiger charge is -2.37. The van der Waals surface area contributed by atoms with Crippen molar-refractivity contribution in [3.05, 3.63) is 18.6 Å². The van der Waals surface area contributed by atoms with Crippen LogP contribution in [0.4, 0.5) is 5.82 Å². The van der Waals surface area contributed by atoms with Gasteiger partial charge in [-0.25, -0.2) is 4.98 Å². The maximum absolute atomic E-state index is 12.3. The van der Waals surface area contributed by atoms with Crippen LogP contribution in [0.2, 0.25) is 0 Å². The van der Waals surface area contributed by atoms with Gasteiger partial charge in [0.2, 0.25) is 5.91 Å². The number of carbonyl (C=O) groups excluding carboxylic acids is 1. The summed E-state index contributed by atoms with van der Waals surface area (Å²) in [4.78, 5) is 24.2. The summed E-state index contributed by atoms with van der Waals surface area (Å²) in [6.45, 7) is 5.54. The zero-order valence-electron chi connectivity index (χ0n) is 11.6. The fourth-order valence-electron chi connectivity index (χ4n) is 2.11. The number of aromatic nitrogens is 2. The molecule has 2 atom stereocenters. The molecule has 0 radical (unpaired) electrons. The molecule has 1 aromatic rings. The molecule has 0 saturated carbocycles. The van der Waals surface area contributed by atoms with Gasteiger partial charge in [0.1, 0.15) is 5.82 Å². The molecule has 1 amide bonds. The van der Waals surface area contributed by atoms with Gasteiger partial charge in [-0.3, -0.25) is 9.78 Å². The average molecular weight is 264 g/mol. The van der Waals surface area contributed by atoms with Crippen molar-refractivity contribution in [3.8, 4) is 0 Å².